The van der Waals surface area contributed by atoms with Crippen molar-refractivity contribution >= 4 is 11.7 Å². The lowest BCUT2D eigenvalue weighted by atomic mass is 9.99. The number of ether oxygens (including phenoxy) is 1. The van der Waals surface area contributed by atoms with E-state index in [9.17, 15) is 44.3 Å². The van der Waals surface area contributed by atoms with Crippen molar-refractivity contribution in [1.29, 1.82) is 0 Å². The summed E-state index contributed by atoms with van der Waals surface area (Å²) in [6.45, 7) is 1.33. The maximum atomic E-state index is 13.9. The molecule has 0 radical (unpaired) electrons. The molecule has 0 aromatic carbocycles. The van der Waals surface area contributed by atoms with Crippen LogP contribution in [0.25, 0.3) is 0 Å². The summed E-state index contributed by atoms with van der Waals surface area (Å²) in [6, 6.07) is 3.38. The highest BCUT2D eigenvalue weighted by atomic mass is 19.4. The van der Waals surface area contributed by atoms with Crippen LogP contribution in [0.5, 0.6) is 0 Å². The first-order valence-electron chi connectivity index (χ1n) is 6.25. The van der Waals surface area contributed by atoms with E-state index in [4.69, 9.17) is 0 Å². The smallest absolute Gasteiger partial charge is 0.412 e. The molecule has 1 amide bonds. The fourth-order valence-corrected chi connectivity index (χ4v) is 1.90. The Hall–Kier alpha value is -2.09. The first-order chi connectivity index (χ1) is 11.1. The summed E-state index contributed by atoms with van der Waals surface area (Å²) in [5.41, 5.74) is 0.150. The number of nitrogens with zero attached hydrogens (tertiary/aromatic N) is 1. The number of carbonyl (C=O) groups is 1. The fourth-order valence-electron chi connectivity index (χ4n) is 1.90. The average Bonchev–Trinajstić information content (AvgIpc) is 2.54. The lowest BCUT2D eigenvalue weighted by molar-refractivity contribution is -0.366. The summed E-state index contributed by atoms with van der Waals surface area (Å²) in [4.78, 5) is 14.9. The molecule has 1 aliphatic heterocycles. The molecule has 2 rings (SSSR count). The molecule has 14 heteroatoms. The van der Waals surface area contributed by atoms with E-state index < -0.39 is 41.5 Å². The van der Waals surface area contributed by atoms with Crippen molar-refractivity contribution in [2.24, 2.45) is 0 Å². The lowest BCUT2D eigenvalue weighted by Crippen LogP contribution is -2.63. The Morgan fingerprint density at radius 1 is 1.08 bits per heavy atom. The van der Waals surface area contributed by atoms with Gasteiger partial charge in [-0.1, -0.05) is 6.07 Å². The highest BCUT2D eigenvalue weighted by Crippen LogP contribution is 2.64. The minimum atomic E-state index is -6.72. The fraction of sp³-hybridized carbons (Fsp3) is 0.500. The highest BCUT2D eigenvalue weighted by molar-refractivity contribution is 5.96. The van der Waals surface area contributed by atoms with E-state index in [-0.39, 0.29) is 11.2 Å². The van der Waals surface area contributed by atoms with Crippen molar-refractivity contribution in [2.75, 3.05) is 5.32 Å². The van der Waals surface area contributed by atoms with Crippen molar-refractivity contribution in [3.05, 3.63) is 23.9 Å². The lowest BCUT2D eigenvalue weighted by Gasteiger charge is -2.31. The molecule has 1 saturated heterocycles. The van der Waals surface area contributed by atoms with Crippen LogP contribution in [0.2, 0.25) is 0 Å². The molecular weight excluding hydrogens is 391 g/mol. The summed E-state index contributed by atoms with van der Waals surface area (Å²) in [7, 11) is 0. The van der Waals surface area contributed by atoms with Gasteiger partial charge in [0.15, 0.2) is 0 Å². The first kappa shape index (κ1) is 22.0. The summed E-state index contributed by atoms with van der Waals surface area (Å²) in [6.07, 6.45) is -6.28. The second-order valence-corrected chi connectivity index (χ2v) is 5.06. The van der Waals surface area contributed by atoms with Crippen molar-refractivity contribution in [3.8, 4) is 0 Å². The van der Waals surface area contributed by atoms with Gasteiger partial charge in [-0.15, -0.1) is 0 Å². The van der Waals surface area contributed by atoms with E-state index in [0.717, 1.165) is 6.07 Å². The van der Waals surface area contributed by atoms with Gasteiger partial charge >= 0.3 is 35.6 Å². The number of pyridine rings is 1. The molecule has 1 aliphatic rings. The quantitative estimate of drug-likeness (QED) is 0.793. The molecule has 148 valence electrons. The van der Waals surface area contributed by atoms with Gasteiger partial charge in [-0.25, -0.2) is 4.98 Å². The number of alkyl halides is 9. The second kappa shape index (κ2) is 5.97. The number of aromatic nitrogens is 1. The third-order valence-electron chi connectivity index (χ3n) is 3.25. The molecule has 26 heavy (non-hydrogen) atoms. The number of hydrogen-bond donors (Lipinski definition) is 1. The van der Waals surface area contributed by atoms with Crippen LogP contribution in [0.1, 0.15) is 5.69 Å². The van der Waals surface area contributed by atoms with Gasteiger partial charge in [0, 0.05) is 5.69 Å². The second-order valence-electron chi connectivity index (χ2n) is 5.06. The van der Waals surface area contributed by atoms with Gasteiger partial charge in [0.2, 0.25) is 0 Å². The monoisotopic (exact) mass is 400 g/mol. The number of carbonyl (C=O) groups excluding carboxylic acids is 1. The maximum Gasteiger partial charge on any atom is 0.428 e. The summed E-state index contributed by atoms with van der Waals surface area (Å²) < 4.78 is 122. The molecule has 0 bridgehead atoms. The number of aryl methyl sites for hydroxylation is 1. The number of amides is 1. The Balaban J connectivity index is 0.00000338. The number of halogens is 9. The Morgan fingerprint density at radius 2 is 1.62 bits per heavy atom. The Morgan fingerprint density at radius 3 is 2.04 bits per heavy atom. The van der Waals surface area contributed by atoms with Crippen molar-refractivity contribution in [2.45, 2.75) is 36.7 Å². The van der Waals surface area contributed by atoms with Crippen LogP contribution < -0.4 is 5.32 Å². The third kappa shape index (κ3) is 2.67. The van der Waals surface area contributed by atoms with Crippen LogP contribution in [-0.4, -0.2) is 46.1 Å². The SMILES string of the molecule is Cc1cccc(NC(=O)C(F)(F)C2(F)OC(F)(F)C(F)(F)C2(F)F)n1.O. The number of rotatable bonds is 3. The molecule has 1 unspecified atom stereocenters. The van der Waals surface area contributed by atoms with Crippen LogP contribution in [0.15, 0.2) is 18.2 Å². The average molecular weight is 400 g/mol. The molecule has 1 aromatic rings. The molecular formula is C12H9F9N2O3. The molecule has 5 nitrogen and oxygen atoms in total. The van der Waals surface area contributed by atoms with E-state index in [0.29, 0.717) is 0 Å². The summed E-state index contributed by atoms with van der Waals surface area (Å²) >= 11 is 0. The van der Waals surface area contributed by atoms with Crippen LogP contribution in [0.3, 0.4) is 0 Å². The van der Waals surface area contributed by atoms with Gasteiger partial charge in [-0.3, -0.25) is 9.53 Å². The topological polar surface area (TPSA) is 82.7 Å². The van der Waals surface area contributed by atoms with Gasteiger partial charge in [-0.05, 0) is 19.1 Å². The maximum absolute atomic E-state index is 13.9. The summed E-state index contributed by atoms with van der Waals surface area (Å²) in [5, 5.41) is 1.17. The van der Waals surface area contributed by atoms with E-state index in [1.54, 1.807) is 0 Å². The van der Waals surface area contributed by atoms with E-state index in [1.807, 2.05) is 0 Å². The molecule has 1 atom stereocenters. The number of hydrogen-bond acceptors (Lipinski definition) is 3. The normalized spacial score (nSPS) is 26.1. The van der Waals surface area contributed by atoms with Gasteiger partial charge in [0.25, 0.3) is 0 Å². The zero-order valence-electron chi connectivity index (χ0n) is 12.4. The molecule has 1 fully saturated rings. The van der Waals surface area contributed by atoms with E-state index in [1.165, 1.54) is 24.4 Å². The molecule has 0 spiro atoms. The Labute approximate surface area is 138 Å². The van der Waals surface area contributed by atoms with Crippen LogP contribution in [-0.2, 0) is 9.53 Å². The first-order valence-corrected chi connectivity index (χ1v) is 6.25. The van der Waals surface area contributed by atoms with Crippen LogP contribution in [0.4, 0.5) is 45.3 Å². The van der Waals surface area contributed by atoms with Crippen molar-refractivity contribution in [1.82, 2.24) is 4.98 Å². The number of anilines is 1. The zero-order chi connectivity index (χ0) is 19.5. The summed E-state index contributed by atoms with van der Waals surface area (Å²) in [5.74, 6) is -29.4. The Bertz CT molecular complexity index is 713. The molecule has 0 saturated carbocycles. The van der Waals surface area contributed by atoms with Crippen LogP contribution >= 0.6 is 0 Å². The largest absolute Gasteiger partial charge is 0.428 e. The van der Waals surface area contributed by atoms with E-state index in [2.05, 4.69) is 9.72 Å². The minimum Gasteiger partial charge on any atom is -0.412 e. The number of nitrogens with one attached hydrogen (secondary N) is 1. The van der Waals surface area contributed by atoms with Crippen molar-refractivity contribution in [3.63, 3.8) is 0 Å². The molecule has 3 N–H and O–H groups in total. The molecule has 0 aliphatic carbocycles. The van der Waals surface area contributed by atoms with Gasteiger partial charge < -0.3 is 10.8 Å². The predicted octanol–water partition coefficient (Wildman–Crippen LogP) is 2.70. The minimum absolute atomic E-state index is 0. The Kier molecular flexibility index (Phi) is 5.04. The highest BCUT2D eigenvalue weighted by Gasteiger charge is 2.96. The van der Waals surface area contributed by atoms with Gasteiger partial charge in [0.05, 0.1) is 0 Å². The van der Waals surface area contributed by atoms with Gasteiger partial charge in [0.1, 0.15) is 5.82 Å². The van der Waals surface area contributed by atoms with Gasteiger partial charge in [-0.2, -0.15) is 39.5 Å². The van der Waals surface area contributed by atoms with E-state index >= 15 is 0 Å². The van der Waals surface area contributed by atoms with Crippen molar-refractivity contribution < 1.29 is 54.5 Å². The zero-order valence-corrected chi connectivity index (χ0v) is 12.4. The molecule has 1 aromatic heterocycles. The molecule has 2 heterocycles. The standard InChI is InChI=1S/C12H7F9N2O2.H2O/c1-5-3-2-4-6(22-5)23-7(24)8(13,14)11(19)9(15,16)10(17,18)12(20,21)25-11;/h2-4H,1H3,(H,22,23,24);1H2. The predicted molar refractivity (Wildman–Crippen MR) is 65.9 cm³/mol. The third-order valence-corrected chi connectivity index (χ3v) is 3.25. The van der Waals surface area contributed by atoms with Crippen LogP contribution in [0, 0.1) is 6.92 Å².